The van der Waals surface area contributed by atoms with Crippen LogP contribution in [-0.4, -0.2) is 86.0 Å². The summed E-state index contributed by atoms with van der Waals surface area (Å²) in [5.74, 6) is -0.116. The van der Waals surface area contributed by atoms with Crippen LogP contribution in [0.25, 0.3) is 0 Å². The van der Waals surface area contributed by atoms with Gasteiger partial charge in [0.05, 0.1) is 5.56 Å². The van der Waals surface area contributed by atoms with Gasteiger partial charge < -0.3 is 25.2 Å². The number of nitrogens with zero attached hydrogens (tertiary/aromatic N) is 3. The molecule has 188 valence electrons. The van der Waals surface area contributed by atoms with Gasteiger partial charge in [-0.2, -0.15) is 13.2 Å². The smallest absolute Gasteiger partial charge is 0.416 e. The largest absolute Gasteiger partial charge is 0.457 e. The van der Waals surface area contributed by atoms with Crippen molar-refractivity contribution in [2.45, 2.75) is 12.2 Å². The van der Waals surface area contributed by atoms with Crippen molar-refractivity contribution in [2.24, 2.45) is 0 Å². The average molecular weight is 492 g/mol. The molecular formula is C24H28F3N5O3. The van der Waals surface area contributed by atoms with Crippen molar-refractivity contribution in [2.75, 3.05) is 58.7 Å². The fraction of sp³-hybridized carbons (Fsp3) is 0.417. The van der Waals surface area contributed by atoms with Gasteiger partial charge in [-0.25, -0.2) is 4.79 Å². The fourth-order valence-corrected chi connectivity index (χ4v) is 4.09. The van der Waals surface area contributed by atoms with E-state index in [4.69, 9.17) is 4.74 Å². The van der Waals surface area contributed by atoms with Crippen LogP contribution in [0.2, 0.25) is 0 Å². The van der Waals surface area contributed by atoms with E-state index in [1.54, 1.807) is 4.90 Å². The minimum absolute atomic E-state index is 0.00940. The van der Waals surface area contributed by atoms with Crippen LogP contribution in [0.1, 0.15) is 15.9 Å². The van der Waals surface area contributed by atoms with Gasteiger partial charge in [-0.05, 0) is 43.4 Å². The maximum atomic E-state index is 13.5. The first kappa shape index (κ1) is 24.8. The normalized spacial score (nSPS) is 17.6. The number of anilines is 1. The van der Waals surface area contributed by atoms with Crippen molar-refractivity contribution >= 4 is 17.6 Å². The predicted octanol–water partition coefficient (Wildman–Crippen LogP) is 3.32. The lowest BCUT2D eigenvalue weighted by atomic mass is 10.1. The zero-order valence-corrected chi connectivity index (χ0v) is 19.6. The van der Waals surface area contributed by atoms with E-state index < -0.39 is 17.8 Å². The van der Waals surface area contributed by atoms with E-state index in [1.807, 2.05) is 0 Å². The summed E-state index contributed by atoms with van der Waals surface area (Å²) in [6, 6.07) is 8.91. The first-order valence-electron chi connectivity index (χ1n) is 11.3. The van der Waals surface area contributed by atoms with Gasteiger partial charge in [0.2, 0.25) is 0 Å². The molecule has 11 heteroatoms. The Morgan fingerprint density at radius 2 is 1.63 bits per heavy atom. The highest BCUT2D eigenvalue weighted by Crippen LogP contribution is 2.36. The highest BCUT2D eigenvalue weighted by molar-refractivity contribution is 5.94. The van der Waals surface area contributed by atoms with Gasteiger partial charge in [-0.1, -0.05) is 0 Å². The van der Waals surface area contributed by atoms with Crippen LogP contribution in [0.4, 0.5) is 23.7 Å². The van der Waals surface area contributed by atoms with E-state index >= 15 is 0 Å². The van der Waals surface area contributed by atoms with E-state index in [0.29, 0.717) is 18.7 Å². The van der Waals surface area contributed by atoms with Crippen LogP contribution >= 0.6 is 0 Å². The second kappa shape index (κ2) is 10.1. The molecule has 2 aromatic rings. The van der Waals surface area contributed by atoms with Crippen LogP contribution in [0.5, 0.6) is 11.5 Å². The Balaban J connectivity index is 1.42. The summed E-state index contributed by atoms with van der Waals surface area (Å²) in [4.78, 5) is 30.5. The molecule has 0 spiro atoms. The van der Waals surface area contributed by atoms with Crippen LogP contribution in [0, 0.1) is 0 Å². The molecule has 35 heavy (non-hydrogen) atoms. The molecule has 0 radical (unpaired) electrons. The van der Waals surface area contributed by atoms with Crippen LogP contribution in [0.3, 0.4) is 0 Å². The van der Waals surface area contributed by atoms with E-state index in [0.717, 1.165) is 38.3 Å². The van der Waals surface area contributed by atoms with Crippen molar-refractivity contribution in [3.63, 3.8) is 0 Å². The first-order chi connectivity index (χ1) is 16.6. The lowest BCUT2D eigenvalue weighted by Gasteiger charge is -2.47. The number of alkyl halides is 3. The summed E-state index contributed by atoms with van der Waals surface area (Å²) < 4.78 is 46.1. The molecule has 2 heterocycles. The molecule has 2 saturated heterocycles. The number of amides is 3. The van der Waals surface area contributed by atoms with Crippen molar-refractivity contribution in [3.05, 3.63) is 53.6 Å². The molecule has 0 saturated carbocycles. The number of piperazine rings is 1. The summed E-state index contributed by atoms with van der Waals surface area (Å²) in [6.07, 6.45) is -4.62. The van der Waals surface area contributed by atoms with Crippen LogP contribution < -0.4 is 15.4 Å². The predicted molar refractivity (Wildman–Crippen MR) is 125 cm³/mol. The molecule has 2 N–H and O–H groups in total. The molecule has 8 nitrogen and oxygen atoms in total. The van der Waals surface area contributed by atoms with Gasteiger partial charge in [0, 0.05) is 69.7 Å². The molecule has 2 fully saturated rings. The highest BCUT2D eigenvalue weighted by atomic mass is 19.4. The van der Waals surface area contributed by atoms with Gasteiger partial charge in [0.25, 0.3) is 5.91 Å². The topological polar surface area (TPSA) is 77.1 Å². The molecule has 0 atom stereocenters. The Morgan fingerprint density at radius 1 is 0.971 bits per heavy atom. The molecule has 4 rings (SSSR count). The van der Waals surface area contributed by atoms with Gasteiger partial charge in [0.15, 0.2) is 0 Å². The third-order valence-electron chi connectivity index (χ3n) is 6.27. The summed E-state index contributed by atoms with van der Waals surface area (Å²) in [5, 5.41) is 5.06. The van der Waals surface area contributed by atoms with Crippen molar-refractivity contribution < 1.29 is 27.5 Å². The molecule has 2 aliphatic rings. The van der Waals surface area contributed by atoms with E-state index in [2.05, 4.69) is 27.5 Å². The van der Waals surface area contributed by atoms with Gasteiger partial charge in [-0.15, -0.1) is 0 Å². The van der Waals surface area contributed by atoms with Gasteiger partial charge in [-0.3, -0.25) is 9.69 Å². The Hall–Kier alpha value is -3.31. The highest BCUT2D eigenvalue weighted by Gasteiger charge is 2.36. The standard InChI is InChI=1S/C24H28F3N5O3/c1-28-22(33)16-3-5-20(6-4-16)35-21-12-17(24(25,26)27)11-18(13-21)29-23(34)32-14-19(15-32)31-9-7-30(2)8-10-31/h3-6,11-13,19H,7-10,14-15H2,1-2H3,(H,28,33)(H,29,34). The lowest BCUT2D eigenvalue weighted by molar-refractivity contribution is -0.137. The average Bonchev–Trinajstić information content (AvgIpc) is 2.78. The summed E-state index contributed by atoms with van der Waals surface area (Å²) in [6.45, 7) is 4.91. The molecule has 2 aromatic carbocycles. The molecule has 0 bridgehead atoms. The lowest BCUT2D eigenvalue weighted by Crippen LogP contribution is -2.64. The number of carbonyl (C=O) groups is 2. The molecule has 3 amide bonds. The van der Waals surface area contributed by atoms with Crippen molar-refractivity contribution in [1.29, 1.82) is 0 Å². The Labute approximate surface area is 201 Å². The van der Waals surface area contributed by atoms with E-state index in [-0.39, 0.29) is 29.1 Å². The minimum atomic E-state index is -4.62. The van der Waals surface area contributed by atoms with Gasteiger partial charge >= 0.3 is 12.2 Å². The minimum Gasteiger partial charge on any atom is -0.457 e. The third kappa shape index (κ3) is 6.04. The number of nitrogens with one attached hydrogen (secondary N) is 2. The Bertz CT molecular complexity index is 1060. The Kier molecular flexibility index (Phi) is 7.18. The zero-order valence-electron chi connectivity index (χ0n) is 19.6. The summed E-state index contributed by atoms with van der Waals surface area (Å²) >= 11 is 0. The second-order valence-corrected chi connectivity index (χ2v) is 8.78. The number of rotatable bonds is 5. The Morgan fingerprint density at radius 3 is 2.23 bits per heavy atom. The second-order valence-electron chi connectivity index (χ2n) is 8.78. The van der Waals surface area contributed by atoms with E-state index in [1.165, 1.54) is 37.4 Å². The monoisotopic (exact) mass is 491 g/mol. The molecule has 0 unspecified atom stereocenters. The number of urea groups is 1. The van der Waals surface area contributed by atoms with Crippen LogP contribution in [0.15, 0.2) is 42.5 Å². The van der Waals surface area contributed by atoms with Crippen molar-refractivity contribution in [3.8, 4) is 11.5 Å². The summed E-state index contributed by atoms with van der Waals surface area (Å²) in [5.41, 5.74) is -0.558. The number of likely N-dealkylation sites (tertiary alicyclic amines) is 1. The van der Waals surface area contributed by atoms with E-state index in [9.17, 15) is 22.8 Å². The number of ether oxygens (including phenoxy) is 1. The van der Waals surface area contributed by atoms with Crippen LogP contribution in [-0.2, 0) is 6.18 Å². The number of carbonyl (C=O) groups excluding carboxylic acids is 2. The number of benzene rings is 2. The number of hydrogen-bond donors (Lipinski definition) is 2. The number of halogens is 3. The maximum absolute atomic E-state index is 13.5. The zero-order chi connectivity index (χ0) is 25.2. The van der Waals surface area contributed by atoms with Crippen molar-refractivity contribution in [1.82, 2.24) is 20.0 Å². The molecule has 0 aromatic heterocycles. The third-order valence-corrected chi connectivity index (χ3v) is 6.27. The molecule has 0 aliphatic carbocycles. The molecule has 2 aliphatic heterocycles. The maximum Gasteiger partial charge on any atom is 0.416 e. The first-order valence-corrected chi connectivity index (χ1v) is 11.3. The SMILES string of the molecule is CNC(=O)c1ccc(Oc2cc(NC(=O)N3CC(N4CCN(C)CC4)C3)cc(C(F)(F)F)c2)cc1. The number of hydrogen-bond acceptors (Lipinski definition) is 5. The quantitative estimate of drug-likeness (QED) is 0.671. The molecular weight excluding hydrogens is 463 g/mol. The number of likely N-dealkylation sites (N-methyl/N-ethyl adjacent to an activating group) is 1. The summed E-state index contributed by atoms with van der Waals surface area (Å²) in [7, 11) is 3.57. The fourth-order valence-electron chi connectivity index (χ4n) is 4.09. The van der Waals surface area contributed by atoms with Gasteiger partial charge in [0.1, 0.15) is 11.5 Å².